The molecule has 0 unspecified atom stereocenters. The third-order valence-electron chi connectivity index (χ3n) is 6.68. The van der Waals surface area contributed by atoms with Crippen molar-refractivity contribution < 1.29 is 9.53 Å². The molecule has 0 aliphatic heterocycles. The Hall–Kier alpha value is -5.58. The van der Waals surface area contributed by atoms with Crippen molar-refractivity contribution in [1.82, 2.24) is 34.5 Å². The van der Waals surface area contributed by atoms with Gasteiger partial charge in [0.1, 0.15) is 23.5 Å². The summed E-state index contributed by atoms with van der Waals surface area (Å²) in [5.41, 5.74) is 10.6. The first-order chi connectivity index (χ1) is 20.2. The van der Waals surface area contributed by atoms with E-state index in [0.717, 1.165) is 27.7 Å². The summed E-state index contributed by atoms with van der Waals surface area (Å²) in [6.07, 6.45) is 10.4. The van der Waals surface area contributed by atoms with E-state index in [-0.39, 0.29) is 5.54 Å². The summed E-state index contributed by atoms with van der Waals surface area (Å²) in [7, 11) is 1.86. The van der Waals surface area contributed by atoms with Crippen LogP contribution in [0.5, 0.6) is 11.5 Å². The first-order valence-corrected chi connectivity index (χ1v) is 13.3. The third kappa shape index (κ3) is 5.27. The van der Waals surface area contributed by atoms with E-state index in [4.69, 9.17) is 15.6 Å². The van der Waals surface area contributed by atoms with Gasteiger partial charge in [0.2, 0.25) is 0 Å². The van der Waals surface area contributed by atoms with E-state index in [9.17, 15) is 4.79 Å². The summed E-state index contributed by atoms with van der Waals surface area (Å²) in [6.45, 7) is 6.13. The van der Waals surface area contributed by atoms with E-state index in [1.165, 1.54) is 11.2 Å². The van der Waals surface area contributed by atoms with E-state index >= 15 is 0 Å². The van der Waals surface area contributed by atoms with Crippen LogP contribution < -0.4 is 15.4 Å². The van der Waals surface area contributed by atoms with Gasteiger partial charge in [0.25, 0.3) is 0 Å². The summed E-state index contributed by atoms with van der Waals surface area (Å²) in [6, 6.07) is 15.9. The molecular weight excluding hydrogens is 530 g/mol. The average Bonchev–Trinajstić information content (AvgIpc) is 3.61. The Morgan fingerprint density at radius 3 is 2.45 bits per heavy atom. The lowest BCUT2D eigenvalue weighted by molar-refractivity contribution is 0.256. The number of hydrogen-bond donors (Lipinski definition) is 1. The van der Waals surface area contributed by atoms with Crippen molar-refractivity contribution in [2.45, 2.75) is 26.3 Å². The molecule has 6 aromatic rings. The Morgan fingerprint density at radius 2 is 1.74 bits per heavy atom. The maximum Gasteiger partial charge on any atom is 0.324 e. The lowest BCUT2D eigenvalue weighted by Crippen LogP contribution is -2.31. The number of nitrogens with two attached hydrogens (primary N) is 1. The molecule has 2 N–H and O–H groups in total. The first-order valence-electron chi connectivity index (χ1n) is 13.3. The Labute approximate surface area is 242 Å². The van der Waals surface area contributed by atoms with Crippen molar-refractivity contribution >= 4 is 28.3 Å². The van der Waals surface area contributed by atoms with Gasteiger partial charge in [-0.1, -0.05) is 6.07 Å². The lowest BCUT2D eigenvalue weighted by Gasteiger charge is -2.21. The van der Waals surface area contributed by atoms with Gasteiger partial charge in [-0.15, -0.1) is 0 Å². The van der Waals surface area contributed by atoms with Crippen LogP contribution >= 0.6 is 0 Å². The molecule has 0 radical (unpaired) electrons. The quantitative estimate of drug-likeness (QED) is 0.263. The molecule has 2 aromatic carbocycles. The van der Waals surface area contributed by atoms with Crippen LogP contribution in [0, 0.1) is 0 Å². The van der Waals surface area contributed by atoms with Crippen molar-refractivity contribution in [3.63, 3.8) is 0 Å². The van der Waals surface area contributed by atoms with Crippen molar-refractivity contribution in [1.29, 1.82) is 0 Å². The number of benzene rings is 2. The van der Waals surface area contributed by atoms with Gasteiger partial charge in [-0.2, -0.15) is 10.2 Å². The molecule has 0 saturated carbocycles. The largest absolute Gasteiger partial charge is 0.457 e. The van der Waals surface area contributed by atoms with Crippen LogP contribution in [0.4, 0.5) is 16.2 Å². The summed E-state index contributed by atoms with van der Waals surface area (Å²) in [5, 5.41) is 9.96. The zero-order chi connectivity index (χ0) is 29.4. The van der Waals surface area contributed by atoms with Gasteiger partial charge >= 0.3 is 6.03 Å². The molecule has 0 aliphatic carbocycles. The smallest absolute Gasteiger partial charge is 0.324 e. The summed E-state index contributed by atoms with van der Waals surface area (Å²) in [4.78, 5) is 27.3. The molecule has 0 bridgehead atoms. The van der Waals surface area contributed by atoms with E-state index in [1.807, 2.05) is 69.2 Å². The third-order valence-corrected chi connectivity index (χ3v) is 6.68. The zero-order valence-electron chi connectivity index (χ0n) is 23.6. The molecule has 0 fully saturated rings. The molecule has 4 heterocycles. The monoisotopic (exact) mass is 559 g/mol. The number of nitrogens with zero attached hydrogens (tertiary/aromatic N) is 8. The number of hydrogen-bond acceptors (Lipinski definition) is 7. The molecule has 0 aliphatic rings. The zero-order valence-corrected chi connectivity index (χ0v) is 23.6. The van der Waals surface area contributed by atoms with Gasteiger partial charge in [0.05, 0.1) is 40.5 Å². The number of rotatable bonds is 6. The van der Waals surface area contributed by atoms with Crippen molar-refractivity contribution in [2.24, 2.45) is 12.8 Å². The van der Waals surface area contributed by atoms with Crippen LogP contribution in [0.15, 0.2) is 91.9 Å². The predicted molar refractivity (Wildman–Crippen MR) is 160 cm³/mol. The summed E-state index contributed by atoms with van der Waals surface area (Å²) in [5.74, 6) is 1.21. The summed E-state index contributed by atoms with van der Waals surface area (Å²) < 4.78 is 9.66. The van der Waals surface area contributed by atoms with Crippen LogP contribution in [0.1, 0.15) is 20.8 Å². The van der Waals surface area contributed by atoms with Gasteiger partial charge < -0.3 is 10.5 Å². The minimum Gasteiger partial charge on any atom is -0.457 e. The number of primary amides is 1. The lowest BCUT2D eigenvalue weighted by atomic mass is 10.1. The molecule has 6 rings (SSSR count). The van der Waals surface area contributed by atoms with Gasteiger partial charge in [0.15, 0.2) is 0 Å². The molecule has 210 valence electrons. The van der Waals surface area contributed by atoms with Gasteiger partial charge in [-0.25, -0.2) is 14.8 Å². The van der Waals surface area contributed by atoms with E-state index in [1.54, 1.807) is 53.6 Å². The minimum atomic E-state index is -0.641. The Kier molecular flexibility index (Phi) is 6.62. The minimum absolute atomic E-state index is 0.340. The Bertz CT molecular complexity index is 1900. The molecule has 11 heteroatoms. The number of ether oxygens (including phenoxy) is 1. The highest BCUT2D eigenvalue weighted by molar-refractivity contribution is 6.02. The fourth-order valence-electron chi connectivity index (χ4n) is 4.58. The number of aromatic nitrogens is 7. The van der Waals surface area contributed by atoms with Crippen molar-refractivity contribution in [2.75, 3.05) is 4.90 Å². The number of aryl methyl sites for hydroxylation is 1. The van der Waals surface area contributed by atoms with Crippen molar-refractivity contribution in [3.8, 4) is 34.0 Å². The molecule has 0 saturated heterocycles. The van der Waals surface area contributed by atoms with Crippen LogP contribution in [0.25, 0.3) is 33.4 Å². The van der Waals surface area contributed by atoms with Crippen LogP contribution in [-0.4, -0.2) is 40.5 Å². The maximum atomic E-state index is 13.0. The fraction of sp³-hybridized carbons (Fsp3) is 0.161. The van der Waals surface area contributed by atoms with E-state index in [0.29, 0.717) is 28.6 Å². The number of carbonyl (C=O) groups excluding carboxylic acids is 1. The second kappa shape index (κ2) is 10.4. The Balaban J connectivity index is 1.34. The molecule has 4 aromatic heterocycles. The SMILES string of the molecule is Cn1cc(-c2cc(Oc3ccc(N(C(N)=O)c4cn(C(C)(C)C)nc4-c4ccc5ncncc5c4)cc3)ccn2)cn1. The average molecular weight is 560 g/mol. The first kappa shape index (κ1) is 26.6. The van der Waals surface area contributed by atoms with Crippen LogP contribution in [0.3, 0.4) is 0 Å². The second-order valence-corrected chi connectivity index (χ2v) is 10.8. The highest BCUT2D eigenvalue weighted by Gasteiger charge is 2.26. The van der Waals surface area contributed by atoms with Crippen LogP contribution in [0.2, 0.25) is 0 Å². The molecule has 42 heavy (non-hydrogen) atoms. The fourth-order valence-corrected chi connectivity index (χ4v) is 4.58. The topological polar surface area (TPSA) is 130 Å². The van der Waals surface area contributed by atoms with Crippen molar-refractivity contribution in [3.05, 3.63) is 91.9 Å². The van der Waals surface area contributed by atoms with E-state index < -0.39 is 6.03 Å². The molecule has 0 atom stereocenters. The Morgan fingerprint density at radius 1 is 0.929 bits per heavy atom. The highest BCUT2D eigenvalue weighted by atomic mass is 16.5. The highest BCUT2D eigenvalue weighted by Crippen LogP contribution is 2.37. The van der Waals surface area contributed by atoms with Gasteiger partial charge in [0, 0.05) is 48.2 Å². The number of pyridine rings is 1. The predicted octanol–water partition coefficient (Wildman–Crippen LogP) is 6.05. The molecule has 11 nitrogen and oxygen atoms in total. The van der Waals surface area contributed by atoms with Crippen LogP contribution in [-0.2, 0) is 12.6 Å². The normalized spacial score (nSPS) is 11.5. The molecule has 0 spiro atoms. The maximum absolute atomic E-state index is 13.0. The number of carbonyl (C=O) groups is 1. The molecule has 2 amide bonds. The number of anilines is 2. The second-order valence-electron chi connectivity index (χ2n) is 10.8. The number of amides is 2. The summed E-state index contributed by atoms with van der Waals surface area (Å²) >= 11 is 0. The number of fused-ring (bicyclic) bond motifs is 1. The van der Waals surface area contributed by atoms with Gasteiger partial charge in [-0.05, 0) is 63.2 Å². The molecular formula is C31H29N9O2. The van der Waals surface area contributed by atoms with Gasteiger partial charge in [-0.3, -0.25) is 19.2 Å². The standard InChI is InChI=1S/C31H29N9O2/c1-31(2,3)39-18-28(29(37-39)20-5-10-26-21(13-20)15-33-19-35-26)40(30(32)41)23-6-8-24(9-7-23)42-25-11-12-34-27(14-25)22-16-36-38(4)17-22/h5-19H,1-4H3,(H2,32,41). The van der Waals surface area contributed by atoms with E-state index in [2.05, 4.69) is 20.1 Å². The number of urea groups is 1.